The Balaban J connectivity index is 2.60. The van der Waals surface area contributed by atoms with Crippen LogP contribution in [-0.2, 0) is 10.0 Å². The van der Waals surface area contributed by atoms with Gasteiger partial charge in [-0.1, -0.05) is 0 Å². The van der Waals surface area contributed by atoms with Crippen LogP contribution < -0.4 is 10.5 Å². The van der Waals surface area contributed by atoms with Gasteiger partial charge in [-0.2, -0.15) is 0 Å². The van der Waals surface area contributed by atoms with E-state index in [1.54, 1.807) is 6.07 Å². The maximum atomic E-state index is 11.9. The Labute approximate surface area is 116 Å². The van der Waals surface area contributed by atoms with Gasteiger partial charge in [0.15, 0.2) is 0 Å². The average Bonchev–Trinajstić information content (AvgIpc) is 2.32. The van der Waals surface area contributed by atoms with Crippen LogP contribution in [0.1, 0.15) is 19.3 Å². The predicted octanol–water partition coefficient (Wildman–Crippen LogP) is 1.47. The molecule has 0 saturated carbocycles. The summed E-state index contributed by atoms with van der Waals surface area (Å²) >= 11 is 3.21. The molecule has 0 radical (unpaired) electrons. The first-order chi connectivity index (χ1) is 8.47. The number of unbranched alkanes of at least 4 members (excludes halogenated alkanes) is 2. The number of aliphatic hydroxyl groups excluding tert-OH is 1. The van der Waals surface area contributed by atoms with Crippen LogP contribution in [0.2, 0.25) is 0 Å². The van der Waals surface area contributed by atoms with Gasteiger partial charge < -0.3 is 10.8 Å². The van der Waals surface area contributed by atoms with Crippen molar-refractivity contribution in [3.05, 3.63) is 22.7 Å². The molecular weight excluding hydrogens is 320 g/mol. The van der Waals surface area contributed by atoms with Crippen molar-refractivity contribution < 1.29 is 13.5 Å². The van der Waals surface area contributed by atoms with E-state index in [1.807, 2.05) is 0 Å². The van der Waals surface area contributed by atoms with Gasteiger partial charge in [0.25, 0.3) is 0 Å². The smallest absolute Gasteiger partial charge is 0.240 e. The summed E-state index contributed by atoms with van der Waals surface area (Å²) in [5.41, 5.74) is 6.03. The van der Waals surface area contributed by atoms with Crippen LogP contribution in [0.25, 0.3) is 0 Å². The predicted molar refractivity (Wildman–Crippen MR) is 74.7 cm³/mol. The highest BCUT2D eigenvalue weighted by atomic mass is 79.9. The molecule has 0 spiro atoms. The van der Waals surface area contributed by atoms with E-state index in [0.717, 1.165) is 6.42 Å². The lowest BCUT2D eigenvalue weighted by Crippen LogP contribution is -2.24. The van der Waals surface area contributed by atoms with E-state index in [4.69, 9.17) is 10.8 Å². The number of sulfonamides is 1. The first-order valence-corrected chi connectivity index (χ1v) is 7.90. The Kier molecular flexibility index (Phi) is 6.07. The first-order valence-electron chi connectivity index (χ1n) is 5.63. The van der Waals surface area contributed by atoms with E-state index in [2.05, 4.69) is 20.7 Å². The molecule has 0 bridgehead atoms. The van der Waals surface area contributed by atoms with Crippen LogP contribution in [0.15, 0.2) is 27.6 Å². The van der Waals surface area contributed by atoms with Gasteiger partial charge in [-0.3, -0.25) is 0 Å². The molecule has 0 aliphatic rings. The van der Waals surface area contributed by atoms with Gasteiger partial charge in [0.2, 0.25) is 10.0 Å². The lowest BCUT2D eigenvalue weighted by Gasteiger charge is -2.08. The van der Waals surface area contributed by atoms with Gasteiger partial charge in [-0.15, -0.1) is 0 Å². The Morgan fingerprint density at radius 1 is 1.28 bits per heavy atom. The Hall–Kier alpha value is -0.630. The molecule has 0 aliphatic heterocycles. The van der Waals surface area contributed by atoms with E-state index in [9.17, 15) is 8.42 Å². The summed E-state index contributed by atoms with van der Waals surface area (Å²) < 4.78 is 27.0. The maximum absolute atomic E-state index is 11.9. The van der Waals surface area contributed by atoms with E-state index < -0.39 is 10.0 Å². The Morgan fingerprint density at radius 3 is 2.61 bits per heavy atom. The third-order valence-electron chi connectivity index (χ3n) is 2.40. The minimum atomic E-state index is -3.50. The largest absolute Gasteiger partial charge is 0.398 e. The minimum absolute atomic E-state index is 0.135. The summed E-state index contributed by atoms with van der Waals surface area (Å²) in [6.07, 6.45) is 2.18. The number of nitrogens with two attached hydrogens (primary N) is 1. The molecule has 0 aromatic heterocycles. The molecule has 102 valence electrons. The van der Waals surface area contributed by atoms with Crippen LogP contribution >= 0.6 is 15.9 Å². The minimum Gasteiger partial charge on any atom is -0.398 e. The molecule has 0 heterocycles. The zero-order chi connectivity index (χ0) is 13.6. The molecule has 18 heavy (non-hydrogen) atoms. The molecule has 0 aliphatic carbocycles. The molecular formula is C11H17BrN2O3S. The van der Waals surface area contributed by atoms with Crippen molar-refractivity contribution in [2.75, 3.05) is 18.9 Å². The summed E-state index contributed by atoms with van der Waals surface area (Å²) in [7, 11) is -3.50. The second-order valence-electron chi connectivity index (χ2n) is 3.87. The highest BCUT2D eigenvalue weighted by Crippen LogP contribution is 2.22. The quantitative estimate of drug-likeness (QED) is 0.519. The van der Waals surface area contributed by atoms with Crippen LogP contribution in [0.5, 0.6) is 0 Å². The van der Waals surface area contributed by atoms with Crippen molar-refractivity contribution in [1.29, 1.82) is 0 Å². The molecule has 1 aromatic carbocycles. The Bertz CT molecular complexity index is 491. The molecule has 0 saturated heterocycles. The topological polar surface area (TPSA) is 92.4 Å². The van der Waals surface area contributed by atoms with Crippen molar-refractivity contribution >= 4 is 31.6 Å². The second-order valence-corrected chi connectivity index (χ2v) is 6.49. The second kappa shape index (κ2) is 7.08. The van der Waals surface area contributed by atoms with Crippen LogP contribution in [-0.4, -0.2) is 26.7 Å². The zero-order valence-corrected chi connectivity index (χ0v) is 12.3. The summed E-state index contributed by atoms with van der Waals surface area (Å²) in [4.78, 5) is 0.158. The highest BCUT2D eigenvalue weighted by molar-refractivity contribution is 9.10. The third kappa shape index (κ3) is 4.56. The number of halogens is 1. The fourth-order valence-electron chi connectivity index (χ4n) is 1.39. The van der Waals surface area contributed by atoms with Crippen molar-refractivity contribution in [3.8, 4) is 0 Å². The molecule has 4 N–H and O–H groups in total. The van der Waals surface area contributed by atoms with Gasteiger partial charge in [0.1, 0.15) is 0 Å². The van der Waals surface area contributed by atoms with E-state index in [1.165, 1.54) is 12.1 Å². The SMILES string of the molecule is Nc1cc(S(=O)(=O)NCCCCCO)ccc1Br. The number of aliphatic hydroxyl groups is 1. The monoisotopic (exact) mass is 336 g/mol. The molecule has 0 fully saturated rings. The summed E-state index contributed by atoms with van der Waals surface area (Å²) in [5.74, 6) is 0. The number of anilines is 1. The molecule has 0 amide bonds. The summed E-state index contributed by atoms with van der Waals surface area (Å²) in [6.45, 7) is 0.494. The first kappa shape index (κ1) is 15.4. The summed E-state index contributed by atoms with van der Waals surface area (Å²) in [5, 5.41) is 8.60. The van der Waals surface area contributed by atoms with Crippen molar-refractivity contribution in [1.82, 2.24) is 4.72 Å². The Morgan fingerprint density at radius 2 is 2.00 bits per heavy atom. The zero-order valence-electron chi connectivity index (χ0n) is 9.89. The lowest BCUT2D eigenvalue weighted by molar-refractivity contribution is 0.283. The third-order valence-corrected chi connectivity index (χ3v) is 4.59. The van der Waals surface area contributed by atoms with Crippen molar-refractivity contribution in [2.24, 2.45) is 0 Å². The number of hydrogen-bond acceptors (Lipinski definition) is 4. The molecule has 1 rings (SSSR count). The number of nitrogens with one attached hydrogen (secondary N) is 1. The summed E-state index contributed by atoms with van der Waals surface area (Å²) in [6, 6.07) is 4.52. The molecule has 7 heteroatoms. The van der Waals surface area contributed by atoms with Crippen molar-refractivity contribution in [3.63, 3.8) is 0 Å². The van der Waals surface area contributed by atoms with Gasteiger partial charge in [0, 0.05) is 23.3 Å². The average molecular weight is 337 g/mol. The fraction of sp³-hybridized carbons (Fsp3) is 0.455. The fourth-order valence-corrected chi connectivity index (χ4v) is 2.75. The van der Waals surface area contributed by atoms with E-state index in [-0.39, 0.29) is 11.5 Å². The van der Waals surface area contributed by atoms with Crippen LogP contribution in [0, 0.1) is 0 Å². The molecule has 1 aromatic rings. The maximum Gasteiger partial charge on any atom is 0.240 e. The standard InChI is InChI=1S/C11H17BrN2O3S/c12-10-5-4-9(8-11(10)13)18(16,17)14-6-2-1-3-7-15/h4-5,8,14-15H,1-3,6-7,13H2. The van der Waals surface area contributed by atoms with Gasteiger partial charge in [-0.25, -0.2) is 13.1 Å². The van der Waals surface area contributed by atoms with Crippen molar-refractivity contribution in [2.45, 2.75) is 24.2 Å². The normalized spacial score (nSPS) is 11.7. The van der Waals surface area contributed by atoms with Gasteiger partial charge in [-0.05, 0) is 53.4 Å². The van der Waals surface area contributed by atoms with Crippen LogP contribution in [0.3, 0.4) is 0 Å². The molecule has 5 nitrogen and oxygen atoms in total. The van der Waals surface area contributed by atoms with E-state index in [0.29, 0.717) is 29.5 Å². The highest BCUT2D eigenvalue weighted by Gasteiger charge is 2.14. The van der Waals surface area contributed by atoms with Crippen LogP contribution in [0.4, 0.5) is 5.69 Å². The van der Waals surface area contributed by atoms with E-state index >= 15 is 0 Å². The lowest BCUT2D eigenvalue weighted by atomic mass is 10.2. The van der Waals surface area contributed by atoms with Gasteiger partial charge >= 0.3 is 0 Å². The molecule has 0 atom stereocenters. The number of nitrogen functional groups attached to an aromatic ring is 1. The van der Waals surface area contributed by atoms with Gasteiger partial charge in [0.05, 0.1) is 4.90 Å². The number of hydrogen-bond donors (Lipinski definition) is 3. The molecule has 0 unspecified atom stereocenters. The number of benzene rings is 1. The number of rotatable bonds is 7.